The first kappa shape index (κ1) is 24.8. The summed E-state index contributed by atoms with van der Waals surface area (Å²) in [7, 11) is 1.20. The molecule has 0 aromatic heterocycles. The van der Waals surface area contributed by atoms with Gasteiger partial charge in [-0.1, -0.05) is 0 Å². The van der Waals surface area contributed by atoms with Crippen LogP contribution in [0.4, 0.5) is 0 Å². The topological polar surface area (TPSA) is 111 Å². The molecule has 1 N–H and O–H groups in total. The van der Waals surface area contributed by atoms with E-state index in [1.54, 1.807) is 41.5 Å². The van der Waals surface area contributed by atoms with Crippen molar-refractivity contribution in [1.29, 1.82) is 0 Å². The fraction of sp³-hybridized carbons (Fsp3) is 0.778. The lowest BCUT2D eigenvalue weighted by Gasteiger charge is -2.29. The molecule has 0 aromatic carbocycles. The van der Waals surface area contributed by atoms with Crippen LogP contribution in [-0.2, 0) is 33.4 Å². The van der Waals surface area contributed by atoms with Gasteiger partial charge in [-0.3, -0.25) is 24.1 Å². The molecule has 0 unspecified atom stereocenters. The number of carbonyl (C=O) groups excluding carboxylic acids is 4. The van der Waals surface area contributed by atoms with Crippen molar-refractivity contribution in [2.75, 3.05) is 26.7 Å². The van der Waals surface area contributed by atoms with Crippen LogP contribution in [0, 0.1) is 0 Å². The van der Waals surface area contributed by atoms with Crippen LogP contribution in [0.3, 0.4) is 0 Å². The first-order chi connectivity index (χ1) is 12.1. The lowest BCUT2D eigenvalue weighted by molar-refractivity contribution is -0.161. The summed E-state index contributed by atoms with van der Waals surface area (Å²) >= 11 is 0. The fourth-order valence-corrected chi connectivity index (χ4v) is 1.95. The van der Waals surface area contributed by atoms with Gasteiger partial charge in [-0.2, -0.15) is 0 Å². The molecule has 1 atom stereocenters. The average molecular weight is 388 g/mol. The predicted molar refractivity (Wildman–Crippen MR) is 97.8 cm³/mol. The highest BCUT2D eigenvalue weighted by Gasteiger charge is 2.29. The van der Waals surface area contributed by atoms with E-state index in [0.29, 0.717) is 0 Å². The third kappa shape index (κ3) is 12.0. The standard InChI is InChI=1S/C18H32N2O7/c1-12(16(24)19-9-13(21)25-8)20(10-14(22)26-17(2,3)4)11-15(23)27-18(5,6)7/h12H,9-11H2,1-8H3,(H,19,24)/t12-/m0/s1. The number of nitrogens with one attached hydrogen (secondary N) is 1. The Labute approximate surface area is 160 Å². The first-order valence-corrected chi connectivity index (χ1v) is 8.67. The van der Waals surface area contributed by atoms with E-state index in [2.05, 4.69) is 10.1 Å². The molecule has 0 aromatic rings. The SMILES string of the molecule is COC(=O)CNC(=O)[C@H](C)N(CC(=O)OC(C)(C)C)CC(=O)OC(C)(C)C. The number of carbonyl (C=O) groups is 4. The number of ether oxygens (including phenoxy) is 3. The Balaban J connectivity index is 5.14. The van der Waals surface area contributed by atoms with Gasteiger partial charge in [0.1, 0.15) is 17.7 Å². The summed E-state index contributed by atoms with van der Waals surface area (Å²) in [5.41, 5.74) is -1.41. The van der Waals surface area contributed by atoms with Crippen molar-refractivity contribution in [2.24, 2.45) is 0 Å². The van der Waals surface area contributed by atoms with Crippen LogP contribution < -0.4 is 5.32 Å². The largest absolute Gasteiger partial charge is 0.468 e. The highest BCUT2D eigenvalue weighted by molar-refractivity contribution is 5.86. The number of nitrogens with zero attached hydrogens (tertiary/aromatic N) is 1. The number of hydrogen-bond acceptors (Lipinski definition) is 8. The van der Waals surface area contributed by atoms with Crippen LogP contribution in [0.5, 0.6) is 0 Å². The monoisotopic (exact) mass is 388 g/mol. The second-order valence-corrected chi connectivity index (χ2v) is 8.05. The maximum Gasteiger partial charge on any atom is 0.325 e. The fourth-order valence-electron chi connectivity index (χ4n) is 1.95. The van der Waals surface area contributed by atoms with E-state index in [9.17, 15) is 19.2 Å². The van der Waals surface area contributed by atoms with Gasteiger partial charge in [-0.05, 0) is 48.5 Å². The summed E-state index contributed by atoms with van der Waals surface area (Å²) < 4.78 is 15.0. The summed E-state index contributed by atoms with van der Waals surface area (Å²) in [6, 6.07) is -0.880. The smallest absolute Gasteiger partial charge is 0.325 e. The van der Waals surface area contributed by atoms with E-state index in [1.165, 1.54) is 18.9 Å². The molecule has 156 valence electrons. The van der Waals surface area contributed by atoms with Gasteiger partial charge < -0.3 is 19.5 Å². The van der Waals surface area contributed by atoms with Crippen molar-refractivity contribution >= 4 is 23.8 Å². The van der Waals surface area contributed by atoms with E-state index in [4.69, 9.17) is 9.47 Å². The number of methoxy groups -OCH3 is 1. The molecule has 27 heavy (non-hydrogen) atoms. The van der Waals surface area contributed by atoms with Crippen molar-refractivity contribution in [3.05, 3.63) is 0 Å². The van der Waals surface area contributed by atoms with Gasteiger partial charge in [0, 0.05) is 0 Å². The van der Waals surface area contributed by atoms with Crippen molar-refractivity contribution in [2.45, 2.75) is 65.7 Å². The summed E-state index contributed by atoms with van der Waals surface area (Å²) in [6.07, 6.45) is 0. The summed E-state index contributed by atoms with van der Waals surface area (Å²) in [6.45, 7) is 10.9. The molecule has 0 spiro atoms. The lowest BCUT2D eigenvalue weighted by atomic mass is 10.2. The van der Waals surface area contributed by atoms with Crippen molar-refractivity contribution < 1.29 is 33.4 Å². The Bertz CT molecular complexity index is 517. The van der Waals surface area contributed by atoms with Crippen LogP contribution in [0.2, 0.25) is 0 Å². The van der Waals surface area contributed by atoms with Crippen molar-refractivity contribution in [1.82, 2.24) is 10.2 Å². The zero-order chi connectivity index (χ0) is 21.4. The molecule has 0 saturated carbocycles. The lowest BCUT2D eigenvalue weighted by Crippen LogP contribution is -2.51. The molecule has 9 heteroatoms. The zero-order valence-corrected chi connectivity index (χ0v) is 17.5. The minimum atomic E-state index is -0.880. The normalized spacial score (nSPS) is 12.9. The maximum atomic E-state index is 12.3. The van der Waals surface area contributed by atoms with Crippen LogP contribution in [0.1, 0.15) is 48.5 Å². The van der Waals surface area contributed by atoms with Crippen LogP contribution >= 0.6 is 0 Å². The van der Waals surface area contributed by atoms with Gasteiger partial charge in [0.05, 0.1) is 26.2 Å². The molecule has 9 nitrogen and oxygen atoms in total. The Kier molecular flexibility index (Phi) is 9.43. The number of rotatable bonds is 8. The Morgan fingerprint density at radius 1 is 0.852 bits per heavy atom. The number of hydrogen-bond donors (Lipinski definition) is 1. The maximum absolute atomic E-state index is 12.3. The van der Waals surface area contributed by atoms with Crippen LogP contribution in [-0.4, -0.2) is 72.7 Å². The highest BCUT2D eigenvalue weighted by Crippen LogP contribution is 2.11. The number of esters is 3. The first-order valence-electron chi connectivity index (χ1n) is 8.67. The molecule has 0 saturated heterocycles. The third-order valence-corrected chi connectivity index (χ3v) is 3.07. The van der Waals surface area contributed by atoms with Crippen molar-refractivity contribution in [3.63, 3.8) is 0 Å². The van der Waals surface area contributed by atoms with E-state index < -0.39 is 41.1 Å². The molecular weight excluding hydrogens is 356 g/mol. The van der Waals surface area contributed by atoms with Gasteiger partial charge in [0.2, 0.25) is 5.91 Å². The molecular formula is C18H32N2O7. The molecule has 0 bridgehead atoms. The van der Waals surface area contributed by atoms with E-state index in [-0.39, 0.29) is 19.6 Å². The van der Waals surface area contributed by atoms with E-state index >= 15 is 0 Å². The van der Waals surface area contributed by atoms with Gasteiger partial charge >= 0.3 is 17.9 Å². The summed E-state index contributed by atoms with van der Waals surface area (Å²) in [4.78, 5) is 49.1. The second kappa shape index (κ2) is 10.2. The minimum absolute atomic E-state index is 0.288. The van der Waals surface area contributed by atoms with Crippen LogP contribution in [0.25, 0.3) is 0 Å². The molecule has 0 radical (unpaired) electrons. The quantitative estimate of drug-likeness (QED) is 0.477. The molecule has 0 rings (SSSR count). The average Bonchev–Trinajstić information content (AvgIpc) is 2.46. The van der Waals surface area contributed by atoms with Crippen LogP contribution in [0.15, 0.2) is 0 Å². The van der Waals surface area contributed by atoms with Gasteiger partial charge in [-0.15, -0.1) is 0 Å². The number of amides is 1. The molecule has 0 aliphatic rings. The Morgan fingerprint density at radius 2 is 1.26 bits per heavy atom. The van der Waals surface area contributed by atoms with Gasteiger partial charge in [-0.25, -0.2) is 0 Å². The Morgan fingerprint density at radius 3 is 1.59 bits per heavy atom. The van der Waals surface area contributed by atoms with Crippen molar-refractivity contribution in [3.8, 4) is 0 Å². The van der Waals surface area contributed by atoms with E-state index in [0.717, 1.165) is 0 Å². The predicted octanol–water partition coefficient (Wildman–Crippen LogP) is 0.650. The second-order valence-electron chi connectivity index (χ2n) is 8.05. The molecule has 1 amide bonds. The minimum Gasteiger partial charge on any atom is -0.468 e. The van der Waals surface area contributed by atoms with Gasteiger partial charge in [0.25, 0.3) is 0 Å². The van der Waals surface area contributed by atoms with E-state index in [1.807, 2.05) is 0 Å². The molecule has 0 fully saturated rings. The zero-order valence-electron chi connectivity index (χ0n) is 17.5. The molecule has 0 aliphatic carbocycles. The Hall–Kier alpha value is -2.16. The molecule has 0 aliphatic heterocycles. The van der Waals surface area contributed by atoms with Gasteiger partial charge in [0.15, 0.2) is 0 Å². The summed E-state index contributed by atoms with van der Waals surface area (Å²) in [5, 5.41) is 2.40. The highest BCUT2D eigenvalue weighted by atomic mass is 16.6. The molecule has 0 heterocycles. The summed E-state index contributed by atoms with van der Waals surface area (Å²) in [5.74, 6) is -2.31. The third-order valence-electron chi connectivity index (χ3n) is 3.07.